The molecule has 0 radical (unpaired) electrons. The number of halogens is 2. The van der Waals surface area contributed by atoms with Crippen molar-refractivity contribution in [2.45, 2.75) is 44.5 Å². The van der Waals surface area contributed by atoms with Crippen molar-refractivity contribution >= 4 is 22.6 Å². The zero-order valence-corrected chi connectivity index (χ0v) is 12.3. The molecule has 20 heavy (non-hydrogen) atoms. The molecule has 2 aliphatic carbocycles. The predicted octanol–water partition coefficient (Wildman–Crippen LogP) is 4.67. The Bertz CT molecular complexity index is 668. The van der Waals surface area contributed by atoms with Crippen LogP contribution in [0.1, 0.15) is 43.8 Å². The van der Waals surface area contributed by atoms with Crippen LogP contribution in [-0.2, 0) is 6.54 Å². The average molecular weight is 293 g/mol. The zero-order valence-electron chi connectivity index (χ0n) is 11.6. The molecule has 0 aliphatic heterocycles. The van der Waals surface area contributed by atoms with E-state index in [0.717, 1.165) is 23.8 Å². The Morgan fingerprint density at radius 2 is 2.20 bits per heavy atom. The molecule has 1 atom stereocenters. The maximum Gasteiger partial charge on any atom is 0.151 e. The van der Waals surface area contributed by atoms with E-state index in [2.05, 4.69) is 9.55 Å². The molecule has 2 aliphatic rings. The van der Waals surface area contributed by atoms with E-state index >= 15 is 0 Å². The van der Waals surface area contributed by atoms with E-state index in [0.29, 0.717) is 10.9 Å². The maximum atomic E-state index is 13.9. The largest absolute Gasteiger partial charge is 0.326 e. The SMILES string of the molecule is CC(Cl)c1nc2c(F)cccc2n1CC1(C2CC2)CC1. The van der Waals surface area contributed by atoms with Gasteiger partial charge >= 0.3 is 0 Å². The highest BCUT2D eigenvalue weighted by atomic mass is 35.5. The van der Waals surface area contributed by atoms with Gasteiger partial charge in [0.05, 0.1) is 10.9 Å². The molecule has 0 spiro atoms. The van der Waals surface area contributed by atoms with Gasteiger partial charge in [0.15, 0.2) is 5.82 Å². The van der Waals surface area contributed by atoms with Crippen LogP contribution in [-0.4, -0.2) is 9.55 Å². The Kier molecular flexibility index (Phi) is 2.65. The fourth-order valence-electron chi connectivity index (χ4n) is 3.47. The van der Waals surface area contributed by atoms with Crippen LogP contribution in [0.5, 0.6) is 0 Å². The third kappa shape index (κ3) is 1.86. The fraction of sp³-hybridized carbons (Fsp3) is 0.562. The van der Waals surface area contributed by atoms with Gasteiger partial charge in [-0.05, 0) is 56.1 Å². The van der Waals surface area contributed by atoms with Crippen molar-refractivity contribution in [2.75, 3.05) is 0 Å². The summed E-state index contributed by atoms with van der Waals surface area (Å²) in [6, 6.07) is 5.18. The third-order valence-electron chi connectivity index (χ3n) is 4.92. The summed E-state index contributed by atoms with van der Waals surface area (Å²) in [5.74, 6) is 1.42. The van der Waals surface area contributed by atoms with Crippen LogP contribution < -0.4 is 0 Å². The highest BCUT2D eigenvalue weighted by molar-refractivity contribution is 6.20. The summed E-state index contributed by atoms with van der Waals surface area (Å²) in [6.45, 7) is 2.86. The summed E-state index contributed by atoms with van der Waals surface area (Å²) in [6.07, 6.45) is 5.30. The van der Waals surface area contributed by atoms with E-state index in [1.165, 1.54) is 31.7 Å². The van der Waals surface area contributed by atoms with Crippen LogP contribution in [0.2, 0.25) is 0 Å². The van der Waals surface area contributed by atoms with Crippen LogP contribution in [0, 0.1) is 17.2 Å². The highest BCUT2D eigenvalue weighted by Crippen LogP contribution is 2.62. The molecule has 0 N–H and O–H groups in total. The molecule has 0 amide bonds. The molecular weight excluding hydrogens is 275 g/mol. The van der Waals surface area contributed by atoms with Crippen molar-refractivity contribution in [3.05, 3.63) is 29.8 Å². The van der Waals surface area contributed by atoms with Crippen molar-refractivity contribution < 1.29 is 4.39 Å². The molecule has 1 heterocycles. The first kappa shape index (κ1) is 12.6. The molecule has 2 fully saturated rings. The molecule has 1 unspecified atom stereocenters. The molecule has 1 aromatic heterocycles. The summed E-state index contributed by atoms with van der Waals surface area (Å²) in [7, 11) is 0. The zero-order chi connectivity index (χ0) is 13.9. The second-order valence-corrected chi connectivity index (χ2v) is 7.07. The van der Waals surface area contributed by atoms with Crippen molar-refractivity contribution in [2.24, 2.45) is 11.3 Å². The summed E-state index contributed by atoms with van der Waals surface area (Å²) >= 11 is 6.27. The van der Waals surface area contributed by atoms with E-state index in [-0.39, 0.29) is 11.2 Å². The van der Waals surface area contributed by atoms with Gasteiger partial charge in [-0.3, -0.25) is 0 Å². The first-order chi connectivity index (χ1) is 9.61. The molecule has 4 heteroatoms. The lowest BCUT2D eigenvalue weighted by atomic mass is 10.0. The molecule has 2 aromatic rings. The van der Waals surface area contributed by atoms with Crippen molar-refractivity contribution in [1.29, 1.82) is 0 Å². The van der Waals surface area contributed by atoms with Gasteiger partial charge < -0.3 is 4.57 Å². The number of rotatable bonds is 4. The quantitative estimate of drug-likeness (QED) is 0.749. The number of alkyl halides is 1. The third-order valence-corrected chi connectivity index (χ3v) is 5.12. The van der Waals surface area contributed by atoms with Gasteiger partial charge in [0.1, 0.15) is 11.3 Å². The number of hydrogen-bond donors (Lipinski definition) is 0. The minimum atomic E-state index is -0.254. The number of aromatic nitrogens is 2. The summed E-state index contributed by atoms with van der Waals surface area (Å²) < 4.78 is 16.1. The Morgan fingerprint density at radius 3 is 2.80 bits per heavy atom. The molecule has 2 nitrogen and oxygen atoms in total. The monoisotopic (exact) mass is 292 g/mol. The van der Waals surface area contributed by atoms with Crippen LogP contribution in [0.15, 0.2) is 18.2 Å². The lowest BCUT2D eigenvalue weighted by Crippen LogP contribution is -2.16. The van der Waals surface area contributed by atoms with E-state index < -0.39 is 0 Å². The molecular formula is C16H18ClFN2. The smallest absolute Gasteiger partial charge is 0.151 e. The first-order valence-electron chi connectivity index (χ1n) is 7.39. The number of hydrogen-bond acceptors (Lipinski definition) is 1. The molecule has 106 valence electrons. The van der Waals surface area contributed by atoms with Gasteiger partial charge in [0, 0.05) is 6.54 Å². The topological polar surface area (TPSA) is 17.8 Å². The van der Waals surface area contributed by atoms with Gasteiger partial charge in [0.2, 0.25) is 0 Å². The lowest BCUT2D eigenvalue weighted by molar-refractivity contribution is 0.369. The van der Waals surface area contributed by atoms with E-state index in [4.69, 9.17) is 11.6 Å². The van der Waals surface area contributed by atoms with Crippen LogP contribution >= 0.6 is 11.6 Å². The second-order valence-electron chi connectivity index (χ2n) is 6.42. The van der Waals surface area contributed by atoms with Gasteiger partial charge in [0.25, 0.3) is 0 Å². The standard InChI is InChI=1S/C16H18ClFN2/c1-10(17)15-19-14-12(18)3-2-4-13(14)20(15)9-16(7-8-16)11-5-6-11/h2-4,10-11H,5-9H2,1H3. The lowest BCUT2D eigenvalue weighted by Gasteiger charge is -2.18. The summed E-state index contributed by atoms with van der Waals surface area (Å²) in [5.41, 5.74) is 1.79. The van der Waals surface area contributed by atoms with E-state index in [1.54, 1.807) is 6.07 Å². The van der Waals surface area contributed by atoms with Crippen molar-refractivity contribution in [3.8, 4) is 0 Å². The molecule has 2 saturated carbocycles. The average Bonchev–Trinajstić information content (AvgIpc) is 3.28. The van der Waals surface area contributed by atoms with Gasteiger partial charge in [-0.15, -0.1) is 11.6 Å². The Labute approximate surface area is 122 Å². The van der Waals surface area contributed by atoms with Gasteiger partial charge in [-0.25, -0.2) is 9.37 Å². The summed E-state index contributed by atoms with van der Waals surface area (Å²) in [5, 5.41) is -0.197. The first-order valence-corrected chi connectivity index (χ1v) is 7.83. The van der Waals surface area contributed by atoms with Crippen LogP contribution in [0.25, 0.3) is 11.0 Å². The fourth-order valence-corrected chi connectivity index (χ4v) is 3.63. The Morgan fingerprint density at radius 1 is 1.45 bits per heavy atom. The van der Waals surface area contributed by atoms with E-state index in [9.17, 15) is 4.39 Å². The highest BCUT2D eigenvalue weighted by Gasteiger charge is 2.54. The van der Waals surface area contributed by atoms with Gasteiger partial charge in [-0.2, -0.15) is 0 Å². The molecule has 0 bridgehead atoms. The number of fused-ring (bicyclic) bond motifs is 1. The maximum absolute atomic E-state index is 13.9. The van der Waals surface area contributed by atoms with Crippen LogP contribution in [0.3, 0.4) is 0 Å². The molecule has 4 rings (SSSR count). The number of imidazole rings is 1. The van der Waals surface area contributed by atoms with Crippen LogP contribution in [0.4, 0.5) is 4.39 Å². The van der Waals surface area contributed by atoms with E-state index in [1.807, 2.05) is 13.0 Å². The normalized spacial score (nSPS) is 22.1. The number of nitrogens with zero attached hydrogens (tertiary/aromatic N) is 2. The van der Waals surface area contributed by atoms with Crippen molar-refractivity contribution in [3.63, 3.8) is 0 Å². The predicted molar refractivity (Wildman–Crippen MR) is 78.4 cm³/mol. The molecule has 0 saturated heterocycles. The van der Waals surface area contributed by atoms with Gasteiger partial charge in [-0.1, -0.05) is 6.07 Å². The summed E-state index contributed by atoms with van der Waals surface area (Å²) in [4.78, 5) is 4.46. The minimum absolute atomic E-state index is 0.197. The number of para-hydroxylation sites is 1. The number of benzene rings is 1. The second kappa shape index (κ2) is 4.20. The Balaban J connectivity index is 1.83. The minimum Gasteiger partial charge on any atom is -0.326 e. The van der Waals surface area contributed by atoms with Crippen molar-refractivity contribution in [1.82, 2.24) is 9.55 Å². The Hall–Kier alpha value is -1.09. The molecule has 1 aromatic carbocycles.